The van der Waals surface area contributed by atoms with Crippen molar-refractivity contribution in [2.24, 2.45) is 0 Å². The van der Waals surface area contributed by atoms with Gasteiger partial charge >= 0.3 is 6.18 Å². The number of likely N-dealkylation sites (N-methyl/N-ethyl adjacent to an activating group) is 1. The molecule has 0 fully saturated rings. The van der Waals surface area contributed by atoms with Crippen LogP contribution in [0.4, 0.5) is 13.2 Å². The molecule has 24 heavy (non-hydrogen) atoms. The van der Waals surface area contributed by atoms with E-state index in [2.05, 4.69) is 20.9 Å². The fourth-order valence-electron chi connectivity index (χ4n) is 1.85. The van der Waals surface area contributed by atoms with E-state index in [4.69, 9.17) is 0 Å². The number of nitrogens with zero attached hydrogens (tertiary/aromatic N) is 3. The number of hydrogen-bond donors (Lipinski definition) is 2. The molecule has 0 saturated carbocycles. The predicted molar refractivity (Wildman–Crippen MR) is 84.5 cm³/mol. The van der Waals surface area contributed by atoms with Crippen LogP contribution in [0, 0.1) is 0 Å². The molecule has 0 spiro atoms. The summed E-state index contributed by atoms with van der Waals surface area (Å²) in [5.74, 6) is -0.430. The van der Waals surface area contributed by atoms with Crippen molar-refractivity contribution in [2.75, 3.05) is 19.6 Å². The molecule has 1 heterocycles. The van der Waals surface area contributed by atoms with Gasteiger partial charge in [0.2, 0.25) is 0 Å². The van der Waals surface area contributed by atoms with Crippen molar-refractivity contribution in [3.63, 3.8) is 0 Å². The largest absolute Gasteiger partial charge is 0.416 e. The Labute approximate surface area is 142 Å². The summed E-state index contributed by atoms with van der Waals surface area (Å²) in [6, 6.07) is 4.64. The van der Waals surface area contributed by atoms with Crippen molar-refractivity contribution in [1.29, 1.82) is 0 Å². The highest BCUT2D eigenvalue weighted by Crippen LogP contribution is 2.30. The van der Waals surface area contributed by atoms with Crippen LogP contribution in [0.25, 0.3) is 5.69 Å². The zero-order valence-corrected chi connectivity index (χ0v) is 13.6. The number of benzene rings is 1. The second-order valence-electron chi connectivity index (χ2n) is 4.71. The first-order valence-corrected chi connectivity index (χ1v) is 7.00. The zero-order chi connectivity index (χ0) is 16.9. The van der Waals surface area contributed by atoms with E-state index in [-0.39, 0.29) is 23.8 Å². The minimum Gasteiger partial charge on any atom is -0.349 e. The lowest BCUT2D eigenvalue weighted by molar-refractivity contribution is -0.137. The van der Waals surface area contributed by atoms with Crippen LogP contribution in [-0.4, -0.2) is 40.5 Å². The van der Waals surface area contributed by atoms with Gasteiger partial charge in [0.05, 0.1) is 17.4 Å². The van der Waals surface area contributed by atoms with Crippen molar-refractivity contribution in [3.8, 4) is 5.69 Å². The van der Waals surface area contributed by atoms with Gasteiger partial charge < -0.3 is 10.6 Å². The summed E-state index contributed by atoms with van der Waals surface area (Å²) in [5, 5.41) is 13.1. The fraction of sp³-hybridized carbons (Fsp3) is 0.357. The van der Waals surface area contributed by atoms with E-state index in [1.54, 1.807) is 0 Å². The van der Waals surface area contributed by atoms with E-state index in [1.807, 2.05) is 6.92 Å². The quantitative estimate of drug-likeness (QED) is 0.770. The van der Waals surface area contributed by atoms with Crippen LogP contribution >= 0.6 is 12.4 Å². The first-order chi connectivity index (χ1) is 10.9. The van der Waals surface area contributed by atoms with Gasteiger partial charge in [-0.2, -0.15) is 13.2 Å². The molecule has 0 unspecified atom stereocenters. The summed E-state index contributed by atoms with van der Waals surface area (Å²) in [4.78, 5) is 11.8. The maximum atomic E-state index is 12.7. The molecule has 2 aromatic rings. The summed E-state index contributed by atoms with van der Waals surface area (Å²) < 4.78 is 39.2. The average Bonchev–Trinajstić information content (AvgIpc) is 3.01. The number of rotatable bonds is 6. The molecule has 1 aromatic carbocycles. The van der Waals surface area contributed by atoms with Crippen LogP contribution in [0.5, 0.6) is 0 Å². The molecule has 0 aliphatic carbocycles. The van der Waals surface area contributed by atoms with Gasteiger partial charge in [-0.25, -0.2) is 4.68 Å². The summed E-state index contributed by atoms with van der Waals surface area (Å²) in [5.41, 5.74) is -0.569. The number of carbonyl (C=O) groups is 1. The van der Waals surface area contributed by atoms with Gasteiger partial charge in [-0.05, 0) is 24.7 Å². The number of carbonyl (C=O) groups excluding carboxylic acids is 1. The van der Waals surface area contributed by atoms with Crippen molar-refractivity contribution in [2.45, 2.75) is 13.1 Å². The Hall–Kier alpha value is -2.13. The Morgan fingerprint density at radius 1 is 1.29 bits per heavy atom. The zero-order valence-electron chi connectivity index (χ0n) is 12.8. The number of amides is 1. The summed E-state index contributed by atoms with van der Waals surface area (Å²) in [7, 11) is 0. The van der Waals surface area contributed by atoms with E-state index in [0.29, 0.717) is 13.1 Å². The molecule has 0 saturated heterocycles. The lowest BCUT2D eigenvalue weighted by atomic mass is 10.2. The molecule has 0 aliphatic heterocycles. The molecule has 132 valence electrons. The van der Waals surface area contributed by atoms with Crippen molar-refractivity contribution < 1.29 is 18.0 Å². The maximum Gasteiger partial charge on any atom is 0.416 e. The first-order valence-electron chi connectivity index (χ1n) is 7.00. The minimum absolute atomic E-state index is 0. The molecule has 2 rings (SSSR count). The Morgan fingerprint density at radius 2 is 2.04 bits per heavy atom. The molecule has 0 radical (unpaired) electrons. The van der Waals surface area contributed by atoms with Gasteiger partial charge in [-0.3, -0.25) is 4.79 Å². The van der Waals surface area contributed by atoms with Gasteiger partial charge in [0.15, 0.2) is 5.69 Å². The predicted octanol–water partition coefficient (Wildman–Crippen LogP) is 2.05. The molecule has 6 nitrogen and oxygen atoms in total. The van der Waals surface area contributed by atoms with Gasteiger partial charge in [-0.1, -0.05) is 18.2 Å². The highest BCUT2D eigenvalue weighted by molar-refractivity contribution is 5.91. The first kappa shape index (κ1) is 19.9. The Kier molecular flexibility index (Phi) is 7.18. The Morgan fingerprint density at radius 3 is 2.71 bits per heavy atom. The SMILES string of the molecule is CCNCCNC(=O)c1cn(-c2cccc(C(F)(F)F)c2)nn1.Cl. The number of aromatic nitrogens is 3. The lowest BCUT2D eigenvalue weighted by Gasteiger charge is -2.08. The number of nitrogens with one attached hydrogen (secondary N) is 2. The van der Waals surface area contributed by atoms with Crippen LogP contribution in [0.2, 0.25) is 0 Å². The van der Waals surface area contributed by atoms with Crippen molar-refractivity contribution in [1.82, 2.24) is 25.6 Å². The minimum atomic E-state index is -4.44. The molecule has 10 heteroatoms. The van der Waals surface area contributed by atoms with Crippen LogP contribution in [0.1, 0.15) is 23.0 Å². The molecular weight excluding hydrogens is 347 g/mol. The summed E-state index contributed by atoms with van der Waals surface area (Å²) >= 11 is 0. The standard InChI is InChI=1S/C14H16F3N5O.ClH/c1-2-18-6-7-19-13(23)12-9-22(21-20-12)11-5-3-4-10(8-11)14(15,16)17;/h3-5,8-9,18H,2,6-7H2,1H3,(H,19,23);1H. The third kappa shape index (κ3) is 5.20. The van der Waals surface area contributed by atoms with Crippen LogP contribution in [-0.2, 0) is 6.18 Å². The molecule has 1 amide bonds. The van der Waals surface area contributed by atoms with Gasteiger partial charge in [-0.15, -0.1) is 17.5 Å². The normalized spacial score (nSPS) is 11.0. The third-order valence-corrected chi connectivity index (χ3v) is 3.00. The van der Waals surface area contributed by atoms with Crippen molar-refractivity contribution >= 4 is 18.3 Å². The van der Waals surface area contributed by atoms with E-state index in [1.165, 1.54) is 18.3 Å². The van der Waals surface area contributed by atoms with Crippen LogP contribution < -0.4 is 10.6 Å². The monoisotopic (exact) mass is 363 g/mol. The average molecular weight is 364 g/mol. The highest BCUT2D eigenvalue weighted by Gasteiger charge is 2.30. The second kappa shape index (κ2) is 8.65. The number of alkyl halides is 3. The Bertz CT molecular complexity index is 674. The summed E-state index contributed by atoms with van der Waals surface area (Å²) in [6.45, 7) is 3.77. The van der Waals surface area contributed by atoms with E-state index in [0.717, 1.165) is 23.4 Å². The van der Waals surface area contributed by atoms with Crippen molar-refractivity contribution in [3.05, 3.63) is 41.7 Å². The van der Waals surface area contributed by atoms with Crippen LogP contribution in [0.3, 0.4) is 0 Å². The molecule has 0 aliphatic rings. The van der Waals surface area contributed by atoms with E-state index >= 15 is 0 Å². The number of halogens is 4. The smallest absolute Gasteiger partial charge is 0.349 e. The lowest BCUT2D eigenvalue weighted by Crippen LogP contribution is -2.31. The van der Waals surface area contributed by atoms with Gasteiger partial charge in [0.25, 0.3) is 5.91 Å². The molecule has 0 atom stereocenters. The summed E-state index contributed by atoms with van der Waals surface area (Å²) in [6.07, 6.45) is -3.15. The maximum absolute atomic E-state index is 12.7. The fourth-order valence-corrected chi connectivity index (χ4v) is 1.85. The molecular formula is C14H17ClF3N5O. The molecule has 0 bridgehead atoms. The van der Waals surface area contributed by atoms with Gasteiger partial charge in [0.1, 0.15) is 0 Å². The van der Waals surface area contributed by atoms with E-state index < -0.39 is 17.6 Å². The number of hydrogen-bond acceptors (Lipinski definition) is 4. The van der Waals surface area contributed by atoms with E-state index in [9.17, 15) is 18.0 Å². The Balaban J connectivity index is 0.00000288. The molecule has 1 aromatic heterocycles. The molecule has 2 N–H and O–H groups in total. The highest BCUT2D eigenvalue weighted by atomic mass is 35.5. The van der Waals surface area contributed by atoms with Gasteiger partial charge in [0, 0.05) is 13.1 Å². The third-order valence-electron chi connectivity index (χ3n) is 3.00. The van der Waals surface area contributed by atoms with Crippen LogP contribution in [0.15, 0.2) is 30.5 Å². The topological polar surface area (TPSA) is 71.8 Å². The second-order valence-corrected chi connectivity index (χ2v) is 4.71.